The fourth-order valence-electron chi connectivity index (χ4n) is 6.00. The molecule has 0 saturated carbocycles. The summed E-state index contributed by atoms with van der Waals surface area (Å²) < 4.78 is 15.0. The van der Waals surface area contributed by atoms with Crippen molar-refractivity contribution in [2.45, 2.75) is 31.8 Å². The molecule has 12 nitrogen and oxygen atoms in total. The number of carbonyl (C=O) groups excluding carboxylic acids is 1. The first kappa shape index (κ1) is 28.0. The Morgan fingerprint density at radius 3 is 2.64 bits per heavy atom. The lowest BCUT2D eigenvalue weighted by Gasteiger charge is -2.37. The number of aromatic nitrogens is 6. The van der Waals surface area contributed by atoms with Gasteiger partial charge in [-0.1, -0.05) is 6.08 Å². The van der Waals surface area contributed by atoms with Crippen LogP contribution in [0.3, 0.4) is 0 Å². The Morgan fingerprint density at radius 1 is 1.02 bits per heavy atom. The molecule has 226 valence electrons. The number of aryl methyl sites for hydroxylation is 1. The van der Waals surface area contributed by atoms with E-state index in [0.29, 0.717) is 17.8 Å². The molecule has 0 radical (unpaired) electrons. The van der Waals surface area contributed by atoms with Gasteiger partial charge in [0.2, 0.25) is 5.91 Å². The number of benzene rings is 1. The van der Waals surface area contributed by atoms with E-state index in [2.05, 4.69) is 36.4 Å². The van der Waals surface area contributed by atoms with E-state index in [4.69, 9.17) is 9.47 Å². The average Bonchev–Trinajstić information content (AvgIpc) is 3.67. The molecule has 5 aromatic rings. The van der Waals surface area contributed by atoms with E-state index in [1.807, 2.05) is 65.1 Å². The van der Waals surface area contributed by atoms with E-state index >= 15 is 0 Å². The third-order valence-electron chi connectivity index (χ3n) is 8.53. The van der Waals surface area contributed by atoms with Gasteiger partial charge in [0.25, 0.3) is 0 Å². The van der Waals surface area contributed by atoms with E-state index in [9.17, 15) is 4.79 Å². The first-order valence-corrected chi connectivity index (χ1v) is 14.9. The Hall–Kier alpha value is -4.81. The number of amides is 1. The highest BCUT2D eigenvalue weighted by Crippen LogP contribution is 2.35. The Labute approximate surface area is 254 Å². The van der Waals surface area contributed by atoms with Crippen molar-refractivity contribution in [2.75, 3.05) is 45.2 Å². The number of hydrogen-bond acceptors (Lipinski definition) is 9. The molecule has 44 heavy (non-hydrogen) atoms. The highest BCUT2D eigenvalue weighted by molar-refractivity contribution is 5.87. The lowest BCUT2D eigenvalue weighted by Crippen LogP contribution is -2.51. The number of nitrogens with zero attached hydrogens (tertiary/aromatic N) is 8. The van der Waals surface area contributed by atoms with Gasteiger partial charge < -0.3 is 19.7 Å². The van der Waals surface area contributed by atoms with Crippen molar-refractivity contribution in [1.29, 1.82) is 0 Å². The second-order valence-corrected chi connectivity index (χ2v) is 11.4. The van der Waals surface area contributed by atoms with Crippen LogP contribution in [0.4, 0.5) is 11.5 Å². The van der Waals surface area contributed by atoms with Gasteiger partial charge in [0.05, 0.1) is 6.10 Å². The molecule has 1 amide bonds. The molecule has 0 aliphatic carbocycles. The van der Waals surface area contributed by atoms with Gasteiger partial charge in [-0.05, 0) is 67.1 Å². The Bertz CT molecular complexity index is 1820. The van der Waals surface area contributed by atoms with Gasteiger partial charge in [-0.15, -0.1) is 0 Å². The van der Waals surface area contributed by atoms with E-state index in [1.165, 1.54) is 11.9 Å². The van der Waals surface area contributed by atoms with Gasteiger partial charge >= 0.3 is 0 Å². The van der Waals surface area contributed by atoms with E-state index < -0.39 is 0 Å². The third-order valence-corrected chi connectivity index (χ3v) is 8.53. The number of anilines is 2. The predicted molar refractivity (Wildman–Crippen MR) is 165 cm³/mol. The molecule has 2 fully saturated rings. The number of fused-ring (bicyclic) bond motifs is 2. The fourth-order valence-corrected chi connectivity index (χ4v) is 6.00. The molecule has 2 aliphatic heterocycles. The van der Waals surface area contributed by atoms with Gasteiger partial charge in [-0.25, -0.2) is 19.0 Å². The van der Waals surface area contributed by atoms with Crippen molar-refractivity contribution in [2.24, 2.45) is 0 Å². The Balaban J connectivity index is 1.00. The Morgan fingerprint density at radius 2 is 1.82 bits per heavy atom. The van der Waals surface area contributed by atoms with Gasteiger partial charge in [0.15, 0.2) is 11.5 Å². The monoisotopic (exact) mass is 593 g/mol. The second-order valence-electron chi connectivity index (χ2n) is 11.4. The predicted octanol–water partition coefficient (Wildman–Crippen LogP) is 4.21. The van der Waals surface area contributed by atoms with Crippen molar-refractivity contribution in [3.63, 3.8) is 0 Å². The van der Waals surface area contributed by atoms with Gasteiger partial charge in [0, 0.05) is 70.1 Å². The van der Waals surface area contributed by atoms with Crippen LogP contribution >= 0.6 is 0 Å². The summed E-state index contributed by atoms with van der Waals surface area (Å²) in [4.78, 5) is 25.9. The number of piperidine rings is 1. The average molecular weight is 594 g/mol. The minimum atomic E-state index is 0.0848. The SMILES string of the molecule is COC1CN(C/C=C/C(=O)N2CCC(c3ccn4ncnc(Nc5ccc(Oc6ccn7ncnc7c6)c(C)c5)c34)CC2)C1. The maximum Gasteiger partial charge on any atom is 0.246 e. The van der Waals surface area contributed by atoms with Crippen molar-refractivity contribution >= 4 is 28.6 Å². The van der Waals surface area contributed by atoms with Crippen LogP contribution in [-0.2, 0) is 9.53 Å². The molecule has 0 bridgehead atoms. The summed E-state index contributed by atoms with van der Waals surface area (Å²) in [5.74, 6) is 2.59. The number of ether oxygens (including phenoxy) is 2. The van der Waals surface area contributed by atoms with Crippen molar-refractivity contribution in [3.05, 3.63) is 84.7 Å². The van der Waals surface area contributed by atoms with E-state index in [1.54, 1.807) is 24.0 Å². The number of methoxy groups -OCH3 is 1. The minimum absolute atomic E-state index is 0.0848. The molecule has 1 aromatic carbocycles. The van der Waals surface area contributed by atoms with E-state index in [0.717, 1.165) is 79.5 Å². The molecule has 0 atom stereocenters. The first-order chi connectivity index (χ1) is 21.5. The zero-order chi connectivity index (χ0) is 30.0. The summed E-state index contributed by atoms with van der Waals surface area (Å²) in [6.45, 7) is 6.09. The van der Waals surface area contributed by atoms with Gasteiger partial charge in [0.1, 0.15) is 29.7 Å². The van der Waals surface area contributed by atoms with E-state index in [-0.39, 0.29) is 5.91 Å². The van der Waals surface area contributed by atoms with Crippen molar-refractivity contribution in [3.8, 4) is 11.5 Å². The molecule has 12 heteroatoms. The zero-order valence-corrected chi connectivity index (χ0v) is 24.8. The highest BCUT2D eigenvalue weighted by atomic mass is 16.5. The van der Waals surface area contributed by atoms with Crippen LogP contribution in [0.5, 0.6) is 11.5 Å². The molecule has 2 saturated heterocycles. The number of pyridine rings is 1. The maximum atomic E-state index is 12.8. The fraction of sp³-hybridized carbons (Fsp3) is 0.344. The molecule has 0 spiro atoms. The van der Waals surface area contributed by atoms with Gasteiger partial charge in [-0.3, -0.25) is 9.69 Å². The second kappa shape index (κ2) is 12.1. The largest absolute Gasteiger partial charge is 0.457 e. The summed E-state index contributed by atoms with van der Waals surface area (Å²) in [6.07, 6.45) is 12.7. The molecular formula is C32H35N9O3. The molecule has 7 rings (SSSR count). The molecular weight excluding hydrogens is 558 g/mol. The van der Waals surface area contributed by atoms with Crippen LogP contribution in [0.1, 0.15) is 29.9 Å². The van der Waals surface area contributed by atoms with Crippen LogP contribution in [-0.4, -0.2) is 90.8 Å². The lowest BCUT2D eigenvalue weighted by atomic mass is 9.90. The molecule has 6 heterocycles. The van der Waals surface area contributed by atoms with Gasteiger partial charge in [-0.2, -0.15) is 10.2 Å². The number of carbonyl (C=O) groups is 1. The number of rotatable bonds is 9. The minimum Gasteiger partial charge on any atom is -0.457 e. The first-order valence-electron chi connectivity index (χ1n) is 14.9. The van der Waals surface area contributed by atoms with Crippen LogP contribution < -0.4 is 10.1 Å². The van der Waals surface area contributed by atoms with Crippen LogP contribution in [0.25, 0.3) is 11.2 Å². The summed E-state index contributed by atoms with van der Waals surface area (Å²) in [5.41, 5.74) is 4.76. The quantitative estimate of drug-likeness (QED) is 0.251. The van der Waals surface area contributed by atoms with Crippen molar-refractivity contribution < 1.29 is 14.3 Å². The molecule has 0 unspecified atom stereocenters. The summed E-state index contributed by atoms with van der Waals surface area (Å²) in [5, 5.41) is 12.1. The standard InChI is InChI=1S/C32H35N9O3/c1-22-16-24(5-6-28(22)44-25-9-14-40-29(17-25)33-20-35-40)37-32-31-27(10-15-41(31)36-21-34-32)23-7-12-39(13-8-23)30(42)4-3-11-38-18-26(19-38)43-2/h3-6,9-10,14-17,20-21,23,26H,7-8,11-13,18-19H2,1-2H3,(H,34,36,37)/b4-3+. The highest BCUT2D eigenvalue weighted by Gasteiger charge is 2.27. The molecule has 2 aliphatic rings. The summed E-state index contributed by atoms with van der Waals surface area (Å²) in [6, 6.07) is 11.8. The Kier molecular flexibility index (Phi) is 7.67. The van der Waals surface area contributed by atoms with Crippen LogP contribution in [0.15, 0.2) is 73.6 Å². The maximum absolute atomic E-state index is 12.8. The van der Waals surface area contributed by atoms with Crippen molar-refractivity contribution in [1.82, 2.24) is 39.0 Å². The summed E-state index contributed by atoms with van der Waals surface area (Å²) >= 11 is 0. The van der Waals surface area contributed by atoms with Crippen LogP contribution in [0.2, 0.25) is 0 Å². The number of nitrogens with one attached hydrogen (secondary N) is 1. The third kappa shape index (κ3) is 5.73. The molecule has 1 N–H and O–H groups in total. The summed E-state index contributed by atoms with van der Waals surface area (Å²) in [7, 11) is 1.74. The normalized spacial score (nSPS) is 16.6. The smallest absolute Gasteiger partial charge is 0.246 e. The molecule has 4 aromatic heterocycles. The topological polar surface area (TPSA) is 114 Å². The number of likely N-dealkylation sites (tertiary alicyclic amines) is 2. The number of hydrogen-bond donors (Lipinski definition) is 1. The zero-order valence-electron chi connectivity index (χ0n) is 24.8. The lowest BCUT2D eigenvalue weighted by molar-refractivity contribution is -0.127. The van der Waals surface area contributed by atoms with Crippen LogP contribution in [0, 0.1) is 6.92 Å².